The molecule has 0 aliphatic rings. The van der Waals surface area contributed by atoms with Gasteiger partial charge in [0.05, 0.1) is 17.6 Å². The van der Waals surface area contributed by atoms with Crippen LogP contribution in [0.5, 0.6) is 5.75 Å². The van der Waals surface area contributed by atoms with Gasteiger partial charge in [0, 0.05) is 6.54 Å². The Bertz CT molecular complexity index is 969. The molecule has 0 spiro atoms. The monoisotopic (exact) mass is 359 g/mol. The quantitative estimate of drug-likeness (QED) is 0.727. The minimum Gasteiger partial charge on any atom is -0.496 e. The molecular weight excluding hydrogens is 342 g/mol. The van der Waals surface area contributed by atoms with E-state index in [0.717, 1.165) is 5.56 Å². The Balaban J connectivity index is 1.91. The first kappa shape index (κ1) is 17.1. The molecule has 1 aromatic heterocycles. The van der Waals surface area contributed by atoms with Gasteiger partial charge in [-0.05, 0) is 30.7 Å². The molecule has 3 aromatic rings. The lowest BCUT2D eigenvalue weighted by atomic mass is 10.2. The molecule has 3 rings (SSSR count). The second-order valence-corrected chi connectivity index (χ2v) is 7.09. The van der Waals surface area contributed by atoms with Gasteiger partial charge < -0.3 is 9.26 Å². The summed E-state index contributed by atoms with van der Waals surface area (Å²) in [7, 11) is -2.21. The van der Waals surface area contributed by atoms with Crippen LogP contribution in [-0.4, -0.2) is 25.7 Å². The summed E-state index contributed by atoms with van der Waals surface area (Å²) in [6.07, 6.45) is 0. The van der Waals surface area contributed by atoms with Gasteiger partial charge in [0.1, 0.15) is 5.75 Å². The van der Waals surface area contributed by atoms with E-state index in [1.54, 1.807) is 13.0 Å². The van der Waals surface area contributed by atoms with Crippen molar-refractivity contribution < 1.29 is 17.7 Å². The molecule has 0 aliphatic carbocycles. The third-order valence-electron chi connectivity index (χ3n) is 3.55. The molecule has 0 saturated carbocycles. The van der Waals surface area contributed by atoms with Crippen LogP contribution >= 0.6 is 0 Å². The van der Waals surface area contributed by atoms with Crippen molar-refractivity contribution in [3.8, 4) is 17.2 Å². The minimum atomic E-state index is -3.70. The van der Waals surface area contributed by atoms with Gasteiger partial charge in [-0.25, -0.2) is 13.1 Å². The summed E-state index contributed by atoms with van der Waals surface area (Å²) >= 11 is 0. The summed E-state index contributed by atoms with van der Waals surface area (Å²) in [5.74, 6) is 1.10. The van der Waals surface area contributed by atoms with Crippen molar-refractivity contribution >= 4 is 10.0 Å². The maximum absolute atomic E-state index is 12.6. The number of ether oxygens (including phenoxy) is 1. The smallest absolute Gasteiger partial charge is 0.261 e. The highest BCUT2D eigenvalue weighted by molar-refractivity contribution is 7.89. The van der Waals surface area contributed by atoms with Crippen molar-refractivity contribution in [1.82, 2.24) is 14.9 Å². The summed E-state index contributed by atoms with van der Waals surface area (Å²) in [5, 5.41) is 3.73. The minimum absolute atomic E-state index is 0.0927. The lowest BCUT2D eigenvalue weighted by Gasteiger charge is -2.10. The zero-order chi connectivity index (χ0) is 17.9. The standard InChI is InChI=1S/C17H17N3O4S/c1-12-19-17(24-20-12)15-10-14(8-9-16(15)23-2)25(21,22)18-11-13-6-4-3-5-7-13/h3-10,18H,11H2,1-2H3. The maximum atomic E-state index is 12.6. The van der Waals surface area contributed by atoms with Crippen LogP contribution in [0.4, 0.5) is 0 Å². The lowest BCUT2D eigenvalue weighted by molar-refractivity contribution is 0.403. The van der Waals surface area contributed by atoms with Crippen molar-refractivity contribution in [3.63, 3.8) is 0 Å². The first-order valence-corrected chi connectivity index (χ1v) is 9.00. The van der Waals surface area contributed by atoms with E-state index in [9.17, 15) is 8.42 Å². The summed E-state index contributed by atoms with van der Waals surface area (Å²) < 4.78 is 38.1. The molecule has 0 amide bonds. The number of rotatable bonds is 6. The van der Waals surface area contributed by atoms with Crippen LogP contribution < -0.4 is 9.46 Å². The number of sulfonamides is 1. The molecule has 0 radical (unpaired) electrons. The van der Waals surface area contributed by atoms with Crippen molar-refractivity contribution in [2.45, 2.75) is 18.4 Å². The lowest BCUT2D eigenvalue weighted by Crippen LogP contribution is -2.23. The number of nitrogens with zero attached hydrogens (tertiary/aromatic N) is 2. The molecule has 130 valence electrons. The largest absolute Gasteiger partial charge is 0.496 e. The fraction of sp³-hybridized carbons (Fsp3) is 0.176. The fourth-order valence-electron chi connectivity index (χ4n) is 2.29. The number of hydrogen-bond acceptors (Lipinski definition) is 6. The second-order valence-electron chi connectivity index (χ2n) is 5.32. The molecule has 8 heteroatoms. The van der Waals surface area contributed by atoms with Gasteiger partial charge in [-0.15, -0.1) is 0 Å². The normalized spacial score (nSPS) is 11.4. The molecule has 0 unspecified atom stereocenters. The first-order chi connectivity index (χ1) is 12.0. The number of hydrogen-bond donors (Lipinski definition) is 1. The van der Waals surface area contributed by atoms with Crippen LogP contribution in [0.3, 0.4) is 0 Å². The molecule has 1 N–H and O–H groups in total. The average molecular weight is 359 g/mol. The predicted octanol–water partition coefficient (Wildman–Crippen LogP) is 2.53. The van der Waals surface area contributed by atoms with Gasteiger partial charge >= 0.3 is 0 Å². The number of aromatic nitrogens is 2. The summed E-state index contributed by atoms with van der Waals surface area (Å²) in [5.41, 5.74) is 1.29. The van der Waals surface area contributed by atoms with Crippen LogP contribution in [0.25, 0.3) is 11.5 Å². The van der Waals surface area contributed by atoms with Crippen molar-refractivity contribution in [2.24, 2.45) is 0 Å². The molecule has 0 fully saturated rings. The molecule has 0 saturated heterocycles. The highest BCUT2D eigenvalue weighted by Gasteiger charge is 2.19. The second kappa shape index (κ2) is 7.04. The molecule has 7 nitrogen and oxygen atoms in total. The Morgan fingerprint density at radius 2 is 1.92 bits per heavy atom. The number of aryl methyl sites for hydroxylation is 1. The van der Waals surface area contributed by atoms with E-state index in [1.807, 2.05) is 30.3 Å². The van der Waals surface area contributed by atoms with Crippen LogP contribution in [-0.2, 0) is 16.6 Å². The molecule has 0 aliphatic heterocycles. The number of nitrogens with one attached hydrogen (secondary N) is 1. The zero-order valence-electron chi connectivity index (χ0n) is 13.8. The SMILES string of the molecule is COc1ccc(S(=O)(=O)NCc2ccccc2)cc1-c1nc(C)no1. The van der Waals surface area contributed by atoms with Crippen molar-refractivity contribution in [1.29, 1.82) is 0 Å². The predicted molar refractivity (Wildman–Crippen MR) is 91.5 cm³/mol. The molecule has 25 heavy (non-hydrogen) atoms. The van der Waals surface area contributed by atoms with Crippen molar-refractivity contribution in [3.05, 3.63) is 59.9 Å². The van der Waals surface area contributed by atoms with Crippen LogP contribution in [0, 0.1) is 6.92 Å². The summed E-state index contributed by atoms with van der Waals surface area (Å²) in [6, 6.07) is 13.8. The van der Waals surface area contributed by atoms with E-state index in [0.29, 0.717) is 17.1 Å². The highest BCUT2D eigenvalue weighted by Crippen LogP contribution is 2.31. The van der Waals surface area contributed by atoms with E-state index in [2.05, 4.69) is 14.9 Å². The van der Waals surface area contributed by atoms with Gasteiger partial charge in [0.25, 0.3) is 5.89 Å². The van der Waals surface area contributed by atoms with Gasteiger partial charge in [0.2, 0.25) is 10.0 Å². The van der Waals surface area contributed by atoms with Crippen LogP contribution in [0.2, 0.25) is 0 Å². The van der Waals surface area contributed by atoms with Gasteiger partial charge in [-0.1, -0.05) is 35.5 Å². The van der Waals surface area contributed by atoms with Gasteiger partial charge in [-0.3, -0.25) is 0 Å². The van der Waals surface area contributed by atoms with Gasteiger partial charge in [0.15, 0.2) is 5.82 Å². The van der Waals surface area contributed by atoms with Crippen LogP contribution in [0.1, 0.15) is 11.4 Å². The van der Waals surface area contributed by atoms with E-state index in [1.165, 1.54) is 19.2 Å². The fourth-order valence-corrected chi connectivity index (χ4v) is 3.33. The maximum Gasteiger partial charge on any atom is 0.261 e. The van der Waals surface area contributed by atoms with E-state index < -0.39 is 10.0 Å². The van der Waals surface area contributed by atoms with Crippen molar-refractivity contribution in [2.75, 3.05) is 7.11 Å². The molecule has 1 heterocycles. The highest BCUT2D eigenvalue weighted by atomic mass is 32.2. The first-order valence-electron chi connectivity index (χ1n) is 7.52. The van der Waals surface area contributed by atoms with Crippen LogP contribution in [0.15, 0.2) is 57.9 Å². The summed E-state index contributed by atoms with van der Waals surface area (Å²) in [6.45, 7) is 1.88. The third kappa shape index (κ3) is 3.86. The van der Waals surface area contributed by atoms with E-state index in [4.69, 9.17) is 9.26 Å². The zero-order valence-corrected chi connectivity index (χ0v) is 14.6. The molecular formula is C17H17N3O4S. The van der Waals surface area contributed by atoms with E-state index >= 15 is 0 Å². The topological polar surface area (TPSA) is 94.3 Å². The molecule has 2 aromatic carbocycles. The Kier molecular flexibility index (Phi) is 4.82. The Hall–Kier alpha value is -2.71. The number of methoxy groups -OCH3 is 1. The Morgan fingerprint density at radius 1 is 1.16 bits per heavy atom. The molecule has 0 bridgehead atoms. The van der Waals surface area contributed by atoms with E-state index in [-0.39, 0.29) is 17.3 Å². The van der Waals surface area contributed by atoms with Gasteiger partial charge in [-0.2, -0.15) is 4.98 Å². The Labute approximate surface area is 145 Å². The summed E-state index contributed by atoms with van der Waals surface area (Å²) in [4.78, 5) is 4.23. The average Bonchev–Trinajstić information content (AvgIpc) is 3.06. The Morgan fingerprint density at radius 3 is 2.56 bits per heavy atom. The molecule has 0 atom stereocenters. The third-order valence-corrected chi connectivity index (χ3v) is 4.95. The number of benzene rings is 2.